The first-order valence-electron chi connectivity index (χ1n) is 8.50. The number of nitrogens with zero attached hydrogens (tertiary/aromatic N) is 1. The molecule has 2 amide bonds. The van der Waals surface area contributed by atoms with E-state index < -0.39 is 0 Å². The molecular formula is C20H24N2O4. The molecule has 0 spiro atoms. The van der Waals surface area contributed by atoms with Crippen LogP contribution in [-0.2, 0) is 16.0 Å². The first-order valence-corrected chi connectivity index (χ1v) is 8.50. The smallest absolute Gasteiger partial charge is 0.338 e. The molecule has 6 heteroatoms. The topological polar surface area (TPSA) is 67.9 Å². The van der Waals surface area contributed by atoms with E-state index in [0.717, 1.165) is 5.56 Å². The third-order valence-corrected chi connectivity index (χ3v) is 3.72. The summed E-state index contributed by atoms with van der Waals surface area (Å²) in [7, 11) is 1.60. The fourth-order valence-corrected chi connectivity index (χ4v) is 2.36. The number of carbonyl (C=O) groups is 2. The Balaban J connectivity index is 2.02. The molecule has 6 nitrogen and oxygen atoms in total. The zero-order valence-corrected chi connectivity index (χ0v) is 15.1. The van der Waals surface area contributed by atoms with E-state index in [9.17, 15) is 9.59 Å². The lowest BCUT2D eigenvalue weighted by molar-refractivity contribution is 0.0526. The van der Waals surface area contributed by atoms with Gasteiger partial charge < -0.3 is 19.7 Å². The van der Waals surface area contributed by atoms with E-state index in [2.05, 4.69) is 5.32 Å². The highest BCUT2D eigenvalue weighted by atomic mass is 16.5. The highest BCUT2D eigenvalue weighted by molar-refractivity contribution is 5.92. The number of benzene rings is 2. The van der Waals surface area contributed by atoms with Gasteiger partial charge in [-0.15, -0.1) is 0 Å². The summed E-state index contributed by atoms with van der Waals surface area (Å²) < 4.78 is 10.1. The average Bonchev–Trinajstić information content (AvgIpc) is 2.66. The SMILES string of the molecule is CCOC(=O)c1ccc(NC(=O)N(CCOC)Cc2ccccc2)cc1. The Bertz CT molecular complexity index is 702. The molecule has 138 valence electrons. The first-order chi connectivity index (χ1) is 12.6. The Kier molecular flexibility index (Phi) is 7.64. The summed E-state index contributed by atoms with van der Waals surface area (Å²) in [5.74, 6) is -0.379. The van der Waals surface area contributed by atoms with Crippen LogP contribution in [0.25, 0.3) is 0 Å². The largest absolute Gasteiger partial charge is 0.462 e. The molecule has 0 bridgehead atoms. The molecule has 0 aliphatic carbocycles. The molecule has 0 aromatic heterocycles. The van der Waals surface area contributed by atoms with Crippen LogP contribution in [0.1, 0.15) is 22.8 Å². The summed E-state index contributed by atoms with van der Waals surface area (Å²) in [5, 5.41) is 2.85. The van der Waals surface area contributed by atoms with Gasteiger partial charge in [0, 0.05) is 25.9 Å². The minimum Gasteiger partial charge on any atom is -0.462 e. The first kappa shape index (κ1) is 19.5. The molecule has 2 aromatic carbocycles. The number of nitrogens with one attached hydrogen (secondary N) is 1. The van der Waals surface area contributed by atoms with Crippen LogP contribution in [-0.4, -0.2) is 43.8 Å². The van der Waals surface area contributed by atoms with Crippen LogP contribution in [0.5, 0.6) is 0 Å². The van der Waals surface area contributed by atoms with Crippen LogP contribution in [0.15, 0.2) is 54.6 Å². The Hall–Kier alpha value is -2.86. The lowest BCUT2D eigenvalue weighted by Crippen LogP contribution is -2.36. The monoisotopic (exact) mass is 356 g/mol. The Morgan fingerprint density at radius 2 is 1.73 bits per heavy atom. The van der Waals surface area contributed by atoms with Crippen molar-refractivity contribution in [3.63, 3.8) is 0 Å². The van der Waals surface area contributed by atoms with Gasteiger partial charge in [-0.2, -0.15) is 0 Å². The van der Waals surface area contributed by atoms with Crippen LogP contribution in [0.3, 0.4) is 0 Å². The summed E-state index contributed by atoms with van der Waals surface area (Å²) in [5.41, 5.74) is 2.10. The van der Waals surface area contributed by atoms with Crippen molar-refractivity contribution in [2.24, 2.45) is 0 Å². The maximum atomic E-state index is 12.6. The molecule has 0 fully saturated rings. The molecule has 0 aliphatic rings. The summed E-state index contributed by atoms with van der Waals surface area (Å²) in [4.78, 5) is 26.0. The molecule has 2 rings (SSSR count). The van der Waals surface area contributed by atoms with Crippen LogP contribution in [0.2, 0.25) is 0 Å². The van der Waals surface area contributed by atoms with E-state index in [1.165, 1.54) is 0 Å². The molecule has 2 aromatic rings. The van der Waals surface area contributed by atoms with Gasteiger partial charge in [-0.25, -0.2) is 9.59 Å². The second kappa shape index (κ2) is 10.2. The molecular weight excluding hydrogens is 332 g/mol. The summed E-state index contributed by atoms with van der Waals surface area (Å²) in [6.45, 7) is 3.48. The molecule has 26 heavy (non-hydrogen) atoms. The summed E-state index contributed by atoms with van der Waals surface area (Å²) in [6, 6.07) is 16.2. The van der Waals surface area contributed by atoms with E-state index in [-0.39, 0.29) is 12.0 Å². The number of rotatable bonds is 8. The third-order valence-electron chi connectivity index (χ3n) is 3.72. The minimum absolute atomic E-state index is 0.227. The molecule has 0 atom stereocenters. The second-order valence-electron chi connectivity index (χ2n) is 5.63. The van der Waals surface area contributed by atoms with Crippen LogP contribution in [0, 0.1) is 0 Å². The molecule has 0 heterocycles. The number of amides is 2. The molecule has 0 unspecified atom stereocenters. The Labute approximate surface area is 153 Å². The number of carbonyl (C=O) groups excluding carboxylic acids is 2. The van der Waals surface area contributed by atoms with Crippen molar-refractivity contribution in [3.8, 4) is 0 Å². The Morgan fingerprint density at radius 3 is 2.35 bits per heavy atom. The highest BCUT2D eigenvalue weighted by Gasteiger charge is 2.14. The standard InChI is InChI=1S/C20H24N2O4/c1-3-26-19(23)17-9-11-18(12-10-17)21-20(24)22(13-14-25-2)15-16-7-5-4-6-8-16/h4-12H,3,13-15H2,1-2H3,(H,21,24). The van der Waals surface area contributed by atoms with Crippen LogP contribution in [0.4, 0.5) is 10.5 Å². The zero-order chi connectivity index (χ0) is 18.8. The summed E-state index contributed by atoms with van der Waals surface area (Å²) >= 11 is 0. The predicted molar refractivity (Wildman–Crippen MR) is 100 cm³/mol. The van der Waals surface area contributed by atoms with Crippen molar-refractivity contribution in [3.05, 3.63) is 65.7 Å². The number of hydrogen-bond donors (Lipinski definition) is 1. The number of anilines is 1. The fraction of sp³-hybridized carbons (Fsp3) is 0.300. The van der Waals surface area contributed by atoms with Gasteiger partial charge >= 0.3 is 12.0 Å². The maximum absolute atomic E-state index is 12.6. The Morgan fingerprint density at radius 1 is 1.04 bits per heavy atom. The van der Waals surface area contributed by atoms with Crippen molar-refractivity contribution in [2.75, 3.05) is 32.2 Å². The minimum atomic E-state index is -0.379. The third kappa shape index (κ3) is 5.89. The molecule has 0 radical (unpaired) electrons. The van der Waals surface area contributed by atoms with Crippen LogP contribution < -0.4 is 5.32 Å². The van der Waals surface area contributed by atoms with Crippen molar-refractivity contribution in [1.82, 2.24) is 4.90 Å². The molecule has 0 saturated carbocycles. The van der Waals surface area contributed by atoms with Gasteiger partial charge in [-0.3, -0.25) is 0 Å². The van der Waals surface area contributed by atoms with Crippen molar-refractivity contribution < 1.29 is 19.1 Å². The summed E-state index contributed by atoms with van der Waals surface area (Å²) in [6.07, 6.45) is 0. The van der Waals surface area contributed by atoms with Gasteiger partial charge in [-0.05, 0) is 36.8 Å². The van der Waals surface area contributed by atoms with Gasteiger partial charge in [-0.1, -0.05) is 30.3 Å². The van der Waals surface area contributed by atoms with Gasteiger partial charge in [0.25, 0.3) is 0 Å². The van der Waals surface area contributed by atoms with Gasteiger partial charge in [0.2, 0.25) is 0 Å². The quantitative estimate of drug-likeness (QED) is 0.735. The van der Waals surface area contributed by atoms with Gasteiger partial charge in [0.15, 0.2) is 0 Å². The van der Waals surface area contributed by atoms with Crippen molar-refractivity contribution in [2.45, 2.75) is 13.5 Å². The van der Waals surface area contributed by atoms with E-state index in [0.29, 0.717) is 37.6 Å². The maximum Gasteiger partial charge on any atom is 0.338 e. The molecule has 0 aliphatic heterocycles. The normalized spacial score (nSPS) is 10.2. The van der Waals surface area contributed by atoms with Crippen molar-refractivity contribution in [1.29, 1.82) is 0 Å². The van der Waals surface area contributed by atoms with Gasteiger partial charge in [0.05, 0.1) is 18.8 Å². The zero-order valence-electron chi connectivity index (χ0n) is 15.1. The fourth-order valence-electron chi connectivity index (χ4n) is 2.36. The van der Waals surface area contributed by atoms with Crippen LogP contribution >= 0.6 is 0 Å². The number of hydrogen-bond acceptors (Lipinski definition) is 4. The highest BCUT2D eigenvalue weighted by Crippen LogP contribution is 2.13. The second-order valence-corrected chi connectivity index (χ2v) is 5.63. The van der Waals surface area contributed by atoms with Gasteiger partial charge in [0.1, 0.15) is 0 Å². The number of esters is 1. The predicted octanol–water partition coefficient (Wildman–Crippen LogP) is 3.54. The van der Waals surface area contributed by atoms with Crippen molar-refractivity contribution >= 4 is 17.7 Å². The lowest BCUT2D eigenvalue weighted by Gasteiger charge is -2.23. The van der Waals surface area contributed by atoms with E-state index in [1.807, 2.05) is 30.3 Å². The van der Waals surface area contributed by atoms with E-state index in [1.54, 1.807) is 43.2 Å². The van der Waals surface area contributed by atoms with E-state index >= 15 is 0 Å². The molecule has 1 N–H and O–H groups in total. The molecule has 0 saturated heterocycles. The number of methoxy groups -OCH3 is 1. The van der Waals surface area contributed by atoms with E-state index in [4.69, 9.17) is 9.47 Å². The average molecular weight is 356 g/mol. The lowest BCUT2D eigenvalue weighted by atomic mass is 10.2. The number of ether oxygens (including phenoxy) is 2. The number of urea groups is 1.